The molecule has 1 aliphatic rings. The maximum Gasteiger partial charge on any atom is 0.0728 e. The summed E-state index contributed by atoms with van der Waals surface area (Å²) in [5, 5.41) is 3.80. The molecule has 0 saturated heterocycles. The SMILES string of the molecule is c1ccc(N(c2ccc(-c3ccc(-c4ccc5c(c4)C(c4ccccc4)(c4ccccc4)c4c-5sc5ccccc45)cc3)cc2)c2ccc3ccccc3c2)cc1. The van der Waals surface area contributed by atoms with Gasteiger partial charge in [0.2, 0.25) is 0 Å². The van der Waals surface area contributed by atoms with E-state index in [9.17, 15) is 0 Å². The van der Waals surface area contributed by atoms with Crippen LogP contribution in [-0.2, 0) is 5.41 Å². The first kappa shape index (κ1) is 33.3. The van der Waals surface area contributed by atoms with E-state index >= 15 is 0 Å². The molecule has 1 aliphatic carbocycles. The molecule has 268 valence electrons. The van der Waals surface area contributed by atoms with Crippen LogP contribution in [0.25, 0.3) is 53.6 Å². The lowest BCUT2D eigenvalue weighted by Crippen LogP contribution is -2.28. The highest BCUT2D eigenvalue weighted by atomic mass is 32.1. The van der Waals surface area contributed by atoms with Gasteiger partial charge in [-0.05, 0) is 115 Å². The van der Waals surface area contributed by atoms with Gasteiger partial charge >= 0.3 is 0 Å². The lowest BCUT2D eigenvalue weighted by atomic mass is 9.67. The molecule has 0 spiro atoms. The fourth-order valence-electron chi connectivity index (χ4n) is 9.11. The molecule has 0 aliphatic heterocycles. The second-order valence-corrected chi connectivity index (χ2v) is 15.9. The van der Waals surface area contributed by atoms with Crippen LogP contribution in [0.3, 0.4) is 0 Å². The molecular weight excluding hydrogens is 707 g/mol. The van der Waals surface area contributed by atoms with E-state index in [0.717, 1.165) is 17.1 Å². The van der Waals surface area contributed by atoms with E-state index in [1.165, 1.54) is 75.8 Å². The molecule has 1 nitrogen and oxygen atoms in total. The summed E-state index contributed by atoms with van der Waals surface area (Å²) in [6, 6.07) is 82.2. The molecular formula is C55H37NS. The largest absolute Gasteiger partial charge is 0.310 e. The molecule has 2 heteroatoms. The number of hydrogen-bond acceptors (Lipinski definition) is 2. The van der Waals surface area contributed by atoms with Crippen LogP contribution >= 0.6 is 11.3 Å². The van der Waals surface area contributed by atoms with Gasteiger partial charge in [0, 0.05) is 26.6 Å². The summed E-state index contributed by atoms with van der Waals surface area (Å²) in [5.41, 5.74) is 14.4. The third kappa shape index (κ3) is 5.44. The Bertz CT molecular complexity index is 3000. The Hall–Kier alpha value is -7.00. The van der Waals surface area contributed by atoms with Crippen molar-refractivity contribution in [3.05, 3.63) is 247 Å². The molecule has 0 amide bonds. The number of anilines is 3. The molecule has 0 bridgehead atoms. The number of benzene rings is 9. The first-order valence-electron chi connectivity index (χ1n) is 19.6. The van der Waals surface area contributed by atoms with Crippen LogP contribution in [0.15, 0.2) is 224 Å². The summed E-state index contributed by atoms with van der Waals surface area (Å²) < 4.78 is 1.33. The maximum absolute atomic E-state index is 2.46. The Morgan fingerprint density at radius 1 is 0.368 bits per heavy atom. The standard InChI is InChI=1S/C55H37NS/c1-4-16-44(17-5-1)55(45-18-6-2-7-19-45)51-37-43(31-35-49(51)54-53(55)50-22-12-13-23-52(50)57-54)41-26-24-39(25-27-41)40-28-32-47(33-29-40)56(46-20-8-3-9-21-46)48-34-30-38-14-10-11-15-42(38)36-48/h1-37H. The molecule has 11 rings (SSSR count). The van der Waals surface area contributed by atoms with Gasteiger partial charge in [-0.1, -0.05) is 176 Å². The Morgan fingerprint density at radius 2 is 0.877 bits per heavy atom. The molecule has 57 heavy (non-hydrogen) atoms. The fourth-order valence-corrected chi connectivity index (χ4v) is 10.4. The smallest absolute Gasteiger partial charge is 0.0728 e. The van der Waals surface area contributed by atoms with Crippen molar-refractivity contribution in [1.82, 2.24) is 0 Å². The fraction of sp³-hybridized carbons (Fsp3) is 0.0182. The third-order valence-corrected chi connectivity index (χ3v) is 12.9. The van der Waals surface area contributed by atoms with Crippen molar-refractivity contribution in [2.45, 2.75) is 5.41 Å². The molecule has 9 aromatic carbocycles. The second kappa shape index (κ2) is 13.6. The lowest BCUT2D eigenvalue weighted by Gasteiger charge is -2.34. The molecule has 0 atom stereocenters. The summed E-state index contributed by atoms with van der Waals surface area (Å²) in [7, 11) is 0. The topological polar surface area (TPSA) is 3.24 Å². The minimum atomic E-state index is -0.440. The van der Waals surface area contributed by atoms with Crippen LogP contribution in [0.5, 0.6) is 0 Å². The number of para-hydroxylation sites is 1. The first-order valence-corrected chi connectivity index (χ1v) is 20.4. The Balaban J connectivity index is 0.974. The zero-order valence-electron chi connectivity index (χ0n) is 31.2. The quantitative estimate of drug-likeness (QED) is 0.157. The summed E-state index contributed by atoms with van der Waals surface area (Å²) in [4.78, 5) is 3.70. The Morgan fingerprint density at radius 3 is 1.56 bits per heavy atom. The average Bonchev–Trinajstić information content (AvgIpc) is 3.81. The van der Waals surface area contributed by atoms with Gasteiger partial charge in [-0.2, -0.15) is 0 Å². The predicted octanol–water partition coefficient (Wildman–Crippen LogP) is 15.2. The Kier molecular flexibility index (Phi) is 7.98. The maximum atomic E-state index is 2.46. The molecule has 10 aromatic rings. The van der Waals surface area contributed by atoms with Crippen molar-refractivity contribution in [1.29, 1.82) is 0 Å². The molecule has 0 saturated carbocycles. The van der Waals surface area contributed by atoms with E-state index in [0.29, 0.717) is 0 Å². The highest BCUT2D eigenvalue weighted by Gasteiger charge is 2.48. The van der Waals surface area contributed by atoms with Crippen LogP contribution in [0.4, 0.5) is 17.1 Å². The van der Waals surface area contributed by atoms with E-state index < -0.39 is 5.41 Å². The number of fused-ring (bicyclic) bond motifs is 6. The molecule has 0 radical (unpaired) electrons. The van der Waals surface area contributed by atoms with Gasteiger partial charge in [-0.15, -0.1) is 11.3 Å². The van der Waals surface area contributed by atoms with Crippen LogP contribution in [0.1, 0.15) is 22.3 Å². The number of hydrogen-bond donors (Lipinski definition) is 0. The molecule has 1 heterocycles. The number of rotatable bonds is 7. The second-order valence-electron chi connectivity index (χ2n) is 14.9. The molecule has 0 unspecified atom stereocenters. The first-order chi connectivity index (χ1) is 28.3. The van der Waals surface area contributed by atoms with E-state index in [-0.39, 0.29) is 0 Å². The number of thiophene rings is 1. The monoisotopic (exact) mass is 743 g/mol. The zero-order chi connectivity index (χ0) is 37.8. The van der Waals surface area contributed by atoms with Gasteiger partial charge in [-0.3, -0.25) is 0 Å². The van der Waals surface area contributed by atoms with Crippen LogP contribution in [0.2, 0.25) is 0 Å². The third-order valence-electron chi connectivity index (χ3n) is 11.7. The average molecular weight is 744 g/mol. The highest BCUT2D eigenvalue weighted by molar-refractivity contribution is 7.22. The predicted molar refractivity (Wildman–Crippen MR) is 242 cm³/mol. The van der Waals surface area contributed by atoms with E-state index in [1.807, 2.05) is 11.3 Å². The number of nitrogens with zero attached hydrogens (tertiary/aromatic N) is 1. The normalized spacial score (nSPS) is 12.7. The lowest BCUT2D eigenvalue weighted by molar-refractivity contribution is 0.777. The van der Waals surface area contributed by atoms with Gasteiger partial charge in [0.05, 0.1) is 5.41 Å². The molecule has 1 aromatic heterocycles. The minimum Gasteiger partial charge on any atom is -0.310 e. The van der Waals surface area contributed by atoms with Gasteiger partial charge < -0.3 is 4.90 Å². The van der Waals surface area contributed by atoms with E-state index in [2.05, 4.69) is 229 Å². The minimum absolute atomic E-state index is 0.440. The van der Waals surface area contributed by atoms with Gasteiger partial charge in [-0.25, -0.2) is 0 Å². The van der Waals surface area contributed by atoms with Crippen molar-refractivity contribution in [2.24, 2.45) is 0 Å². The van der Waals surface area contributed by atoms with Crippen molar-refractivity contribution < 1.29 is 0 Å². The van der Waals surface area contributed by atoms with E-state index in [4.69, 9.17) is 0 Å². The zero-order valence-corrected chi connectivity index (χ0v) is 32.0. The molecule has 0 fully saturated rings. The summed E-state index contributed by atoms with van der Waals surface area (Å²) in [6.45, 7) is 0. The summed E-state index contributed by atoms with van der Waals surface area (Å²) in [6.07, 6.45) is 0. The van der Waals surface area contributed by atoms with Gasteiger partial charge in [0.25, 0.3) is 0 Å². The van der Waals surface area contributed by atoms with E-state index in [1.54, 1.807) is 0 Å². The van der Waals surface area contributed by atoms with Crippen LogP contribution < -0.4 is 4.90 Å². The van der Waals surface area contributed by atoms with Gasteiger partial charge in [0.1, 0.15) is 0 Å². The van der Waals surface area contributed by atoms with Crippen molar-refractivity contribution in [3.8, 4) is 32.7 Å². The highest BCUT2D eigenvalue weighted by Crippen LogP contribution is 2.61. The molecule has 0 N–H and O–H groups in total. The van der Waals surface area contributed by atoms with Gasteiger partial charge in [0.15, 0.2) is 0 Å². The summed E-state index contributed by atoms with van der Waals surface area (Å²) in [5.74, 6) is 0. The van der Waals surface area contributed by atoms with Crippen LogP contribution in [0, 0.1) is 0 Å². The van der Waals surface area contributed by atoms with Crippen LogP contribution in [-0.4, -0.2) is 0 Å². The van der Waals surface area contributed by atoms with Crippen molar-refractivity contribution in [3.63, 3.8) is 0 Å². The van der Waals surface area contributed by atoms with Crippen molar-refractivity contribution in [2.75, 3.05) is 4.90 Å². The van der Waals surface area contributed by atoms with Crippen molar-refractivity contribution >= 4 is 49.3 Å². The summed E-state index contributed by atoms with van der Waals surface area (Å²) >= 11 is 1.92. The Labute approximate surface area is 337 Å².